The number of nitro benzene ring substituents is 1. The van der Waals surface area contributed by atoms with Crippen LogP contribution in [0, 0.1) is 10.1 Å². The predicted octanol–water partition coefficient (Wildman–Crippen LogP) is 0.666. The number of likely N-dealkylation sites (N-methyl/N-ethyl adjacent to an activating group) is 1. The summed E-state index contributed by atoms with van der Waals surface area (Å²) < 4.78 is 23.4. The Balaban J connectivity index is 2.08. The maximum atomic E-state index is 12.4. The second-order valence-corrected chi connectivity index (χ2v) is 8.51. The molecule has 0 spiro atoms. The highest BCUT2D eigenvalue weighted by Crippen LogP contribution is 2.27. The molecule has 0 saturated heterocycles. The van der Waals surface area contributed by atoms with Crippen molar-refractivity contribution < 1.29 is 28.0 Å². The number of nitrogens with one attached hydrogen (secondary N) is 1. The van der Waals surface area contributed by atoms with Crippen LogP contribution in [0.4, 0.5) is 5.69 Å². The number of rotatable bonds is 8. The summed E-state index contributed by atoms with van der Waals surface area (Å²) in [6.45, 7) is 2.34. The Hall–Kier alpha value is -2.53. The Kier molecular flexibility index (Phi) is 6.16. The Morgan fingerprint density at radius 2 is 1.96 bits per heavy atom. The molecule has 2 rings (SSSR count). The lowest BCUT2D eigenvalue weighted by Crippen LogP contribution is -2.54. The van der Waals surface area contributed by atoms with Gasteiger partial charge in [0.15, 0.2) is 9.84 Å². The molecule has 0 bridgehead atoms. The van der Waals surface area contributed by atoms with Crippen molar-refractivity contribution in [1.29, 1.82) is 0 Å². The quantitative estimate of drug-likeness (QED) is 0.479. The Morgan fingerprint density at radius 1 is 1.33 bits per heavy atom. The molecule has 1 aliphatic rings. The molecule has 27 heavy (non-hydrogen) atoms. The number of carbonyl (C=O) groups is 2. The van der Waals surface area contributed by atoms with Crippen LogP contribution in [0.5, 0.6) is 0 Å². The molecule has 2 N–H and O–H groups in total. The fourth-order valence-electron chi connectivity index (χ4n) is 2.98. The largest absolute Gasteiger partial charge is 0.480 e. The summed E-state index contributed by atoms with van der Waals surface area (Å²) in [6, 6.07) is 2.88. The third-order valence-electron chi connectivity index (χ3n) is 4.50. The van der Waals surface area contributed by atoms with Gasteiger partial charge in [-0.1, -0.05) is 6.92 Å². The zero-order valence-electron chi connectivity index (χ0n) is 14.9. The fourth-order valence-corrected chi connectivity index (χ4v) is 3.66. The molecule has 1 saturated carbocycles. The minimum absolute atomic E-state index is 0.0353. The summed E-state index contributed by atoms with van der Waals surface area (Å²) >= 11 is 0. The summed E-state index contributed by atoms with van der Waals surface area (Å²) in [4.78, 5) is 35.0. The molecule has 0 radical (unpaired) electrons. The van der Waals surface area contributed by atoms with Crippen LogP contribution < -0.4 is 5.32 Å². The smallest absolute Gasteiger partial charge is 0.317 e. The number of carbonyl (C=O) groups excluding carboxylic acids is 1. The Bertz CT molecular complexity index is 863. The molecule has 148 valence electrons. The lowest BCUT2D eigenvalue weighted by atomic mass is 9.85. The van der Waals surface area contributed by atoms with Crippen molar-refractivity contribution in [2.45, 2.75) is 36.7 Å². The first-order valence-corrected chi connectivity index (χ1v) is 10.2. The van der Waals surface area contributed by atoms with Gasteiger partial charge in [-0.15, -0.1) is 0 Å². The zero-order chi connectivity index (χ0) is 20.4. The maximum Gasteiger partial charge on any atom is 0.317 e. The van der Waals surface area contributed by atoms with E-state index in [2.05, 4.69) is 5.32 Å². The fraction of sp³-hybridized carbons (Fsp3) is 0.500. The summed E-state index contributed by atoms with van der Waals surface area (Å²) in [5.41, 5.74) is -0.584. The van der Waals surface area contributed by atoms with Gasteiger partial charge in [0.2, 0.25) is 0 Å². The van der Waals surface area contributed by atoms with E-state index in [1.807, 2.05) is 6.92 Å². The van der Waals surface area contributed by atoms with Gasteiger partial charge in [-0.3, -0.25) is 24.6 Å². The van der Waals surface area contributed by atoms with Crippen molar-refractivity contribution in [3.8, 4) is 0 Å². The molecule has 0 heterocycles. The minimum Gasteiger partial charge on any atom is -0.480 e. The van der Waals surface area contributed by atoms with E-state index < -0.39 is 32.3 Å². The number of carboxylic acid groups (broad SMARTS) is 1. The van der Waals surface area contributed by atoms with E-state index in [1.165, 1.54) is 0 Å². The molecule has 10 nitrogen and oxygen atoms in total. The Morgan fingerprint density at radius 3 is 2.44 bits per heavy atom. The molecule has 0 aromatic heterocycles. The van der Waals surface area contributed by atoms with E-state index in [0.717, 1.165) is 24.5 Å². The third kappa shape index (κ3) is 5.23. The molecule has 1 aromatic rings. The highest BCUT2D eigenvalue weighted by Gasteiger charge is 2.35. The van der Waals surface area contributed by atoms with Crippen LogP contribution in [0.1, 0.15) is 30.1 Å². The number of benzene rings is 1. The van der Waals surface area contributed by atoms with E-state index in [1.54, 1.807) is 4.90 Å². The van der Waals surface area contributed by atoms with E-state index in [-0.39, 0.29) is 29.1 Å². The number of hydrogen-bond acceptors (Lipinski definition) is 7. The van der Waals surface area contributed by atoms with Crippen molar-refractivity contribution in [3.05, 3.63) is 33.9 Å². The monoisotopic (exact) mass is 399 g/mol. The second-order valence-electron chi connectivity index (χ2n) is 6.50. The van der Waals surface area contributed by atoms with Gasteiger partial charge in [-0.05, 0) is 25.5 Å². The van der Waals surface area contributed by atoms with Gasteiger partial charge in [0, 0.05) is 36.0 Å². The average Bonchev–Trinajstić information content (AvgIpc) is 2.54. The molecule has 0 aliphatic heterocycles. The van der Waals surface area contributed by atoms with Crippen molar-refractivity contribution in [2.75, 3.05) is 19.3 Å². The molecule has 0 unspecified atom stereocenters. The SMILES string of the molecule is CCN(CC(=O)O)C1CC(NC(=O)c2cc([N+](=O)[O-])cc(S(C)(=O)=O)c2)C1. The van der Waals surface area contributed by atoms with Crippen LogP contribution in [-0.2, 0) is 14.6 Å². The first-order chi connectivity index (χ1) is 12.5. The predicted molar refractivity (Wildman–Crippen MR) is 95.4 cm³/mol. The topological polar surface area (TPSA) is 147 Å². The number of hydrogen-bond donors (Lipinski definition) is 2. The molecule has 1 fully saturated rings. The number of nitro groups is 1. The number of non-ortho nitro benzene ring substituents is 1. The van der Waals surface area contributed by atoms with E-state index in [9.17, 15) is 28.1 Å². The average molecular weight is 399 g/mol. The maximum absolute atomic E-state index is 12.4. The standard InChI is InChI=1S/C16H21N3O7S/c1-3-18(9-15(20)21)12-6-11(7-12)17-16(22)10-4-13(19(23)24)8-14(5-10)27(2,25)26/h4-5,8,11-12H,3,6-7,9H2,1-2H3,(H,17,22)(H,20,21). The van der Waals surface area contributed by atoms with Crippen LogP contribution >= 0.6 is 0 Å². The van der Waals surface area contributed by atoms with Crippen LogP contribution in [0.2, 0.25) is 0 Å². The van der Waals surface area contributed by atoms with Crippen molar-refractivity contribution in [1.82, 2.24) is 10.2 Å². The lowest BCUT2D eigenvalue weighted by Gasteiger charge is -2.42. The molecule has 1 aromatic carbocycles. The van der Waals surface area contributed by atoms with E-state index >= 15 is 0 Å². The van der Waals surface area contributed by atoms with Gasteiger partial charge in [0.1, 0.15) is 0 Å². The molecule has 1 amide bonds. The highest BCUT2D eigenvalue weighted by atomic mass is 32.2. The summed E-state index contributed by atoms with van der Waals surface area (Å²) in [5.74, 6) is -1.53. The number of carboxylic acids is 1. The summed E-state index contributed by atoms with van der Waals surface area (Å²) in [7, 11) is -3.72. The Labute approximate surface area is 156 Å². The van der Waals surface area contributed by atoms with Gasteiger partial charge in [0.25, 0.3) is 11.6 Å². The number of sulfone groups is 1. The lowest BCUT2D eigenvalue weighted by molar-refractivity contribution is -0.385. The van der Waals surface area contributed by atoms with Crippen molar-refractivity contribution in [3.63, 3.8) is 0 Å². The normalized spacial score (nSPS) is 19.4. The minimum atomic E-state index is -3.72. The van der Waals surface area contributed by atoms with E-state index in [0.29, 0.717) is 19.4 Å². The van der Waals surface area contributed by atoms with Crippen molar-refractivity contribution >= 4 is 27.4 Å². The molecule has 11 heteroatoms. The summed E-state index contributed by atoms with van der Waals surface area (Å²) in [5, 5.41) is 22.6. The number of amides is 1. The number of nitrogens with zero attached hydrogens (tertiary/aromatic N) is 2. The molecular weight excluding hydrogens is 378 g/mol. The second kappa shape index (κ2) is 8.01. The van der Waals surface area contributed by atoms with Gasteiger partial charge in [0.05, 0.1) is 16.4 Å². The first-order valence-electron chi connectivity index (χ1n) is 8.27. The molecular formula is C16H21N3O7S. The van der Waals surface area contributed by atoms with E-state index in [4.69, 9.17) is 5.11 Å². The first kappa shape index (κ1) is 20.8. The van der Waals surface area contributed by atoms with Crippen molar-refractivity contribution in [2.24, 2.45) is 0 Å². The molecule has 0 atom stereocenters. The zero-order valence-corrected chi connectivity index (χ0v) is 15.7. The van der Waals surface area contributed by atoms with Crippen LogP contribution in [0.25, 0.3) is 0 Å². The number of aliphatic carboxylic acids is 1. The van der Waals surface area contributed by atoms with Gasteiger partial charge >= 0.3 is 5.97 Å². The van der Waals surface area contributed by atoms with Crippen LogP contribution in [0.3, 0.4) is 0 Å². The highest BCUT2D eigenvalue weighted by molar-refractivity contribution is 7.90. The van der Waals surface area contributed by atoms with Crippen LogP contribution in [-0.4, -0.2) is 66.7 Å². The van der Waals surface area contributed by atoms with Gasteiger partial charge in [-0.25, -0.2) is 8.42 Å². The van der Waals surface area contributed by atoms with Gasteiger partial charge in [-0.2, -0.15) is 0 Å². The molecule has 1 aliphatic carbocycles. The summed E-state index contributed by atoms with van der Waals surface area (Å²) in [6.07, 6.45) is 2.02. The van der Waals surface area contributed by atoms with Crippen LogP contribution in [0.15, 0.2) is 23.1 Å². The van der Waals surface area contributed by atoms with Gasteiger partial charge < -0.3 is 10.4 Å². The third-order valence-corrected chi connectivity index (χ3v) is 5.59.